The smallest absolute Gasteiger partial charge is 0.242 e. The Balaban J connectivity index is 1.70. The molecule has 6 heteroatoms. The Morgan fingerprint density at radius 1 is 1.19 bits per heavy atom. The van der Waals surface area contributed by atoms with E-state index < -0.39 is 6.04 Å². The van der Waals surface area contributed by atoms with Crippen LogP contribution in [-0.2, 0) is 9.59 Å². The zero-order valence-corrected chi connectivity index (χ0v) is 17.1. The number of carbonyl (C=O) groups is 2. The summed E-state index contributed by atoms with van der Waals surface area (Å²) in [7, 11) is 1.80. The Morgan fingerprint density at radius 2 is 1.89 bits per heavy atom. The second-order valence-corrected chi connectivity index (χ2v) is 7.93. The van der Waals surface area contributed by atoms with E-state index in [0.717, 1.165) is 34.1 Å². The van der Waals surface area contributed by atoms with Crippen LogP contribution in [0.3, 0.4) is 0 Å². The lowest BCUT2D eigenvalue weighted by atomic mass is 10.0. The van der Waals surface area contributed by atoms with Gasteiger partial charge in [0.2, 0.25) is 11.8 Å². The standard InChI is InChI=1S/C21H24BrN3O2/c1-14-12-16(22)8-11-18(14)24-19(26)13-25(2)20(15-6-4-3-5-7-15)21(27)23-17-9-10-17/h3-8,11-12,17,20H,9-10,13H2,1-2H3,(H,23,27)(H,24,26). The molecule has 27 heavy (non-hydrogen) atoms. The summed E-state index contributed by atoms with van der Waals surface area (Å²) in [5.74, 6) is -0.207. The summed E-state index contributed by atoms with van der Waals surface area (Å²) in [5.41, 5.74) is 2.63. The normalized spacial score (nSPS) is 14.7. The highest BCUT2D eigenvalue weighted by atomic mass is 79.9. The first kappa shape index (κ1) is 19.6. The molecule has 2 aromatic rings. The lowest BCUT2D eigenvalue weighted by molar-refractivity contribution is -0.127. The Bertz CT molecular complexity index is 821. The molecule has 1 aliphatic carbocycles. The van der Waals surface area contributed by atoms with E-state index in [1.165, 1.54) is 0 Å². The number of anilines is 1. The Kier molecular flexibility index (Phi) is 6.29. The molecule has 1 atom stereocenters. The molecular formula is C21H24BrN3O2. The molecule has 0 aliphatic heterocycles. The summed E-state index contributed by atoms with van der Waals surface area (Å²) in [4.78, 5) is 27.1. The van der Waals surface area contributed by atoms with E-state index >= 15 is 0 Å². The van der Waals surface area contributed by atoms with E-state index in [-0.39, 0.29) is 24.4 Å². The Hall–Kier alpha value is -2.18. The maximum absolute atomic E-state index is 12.8. The van der Waals surface area contributed by atoms with Crippen molar-refractivity contribution in [2.24, 2.45) is 0 Å². The fourth-order valence-corrected chi connectivity index (χ4v) is 3.50. The zero-order valence-electron chi connectivity index (χ0n) is 15.5. The molecule has 0 aromatic heterocycles. The second-order valence-electron chi connectivity index (χ2n) is 7.02. The van der Waals surface area contributed by atoms with Crippen molar-refractivity contribution in [3.8, 4) is 0 Å². The SMILES string of the molecule is Cc1cc(Br)ccc1NC(=O)CN(C)C(C(=O)NC1CC1)c1ccccc1. The maximum Gasteiger partial charge on any atom is 0.242 e. The average molecular weight is 430 g/mol. The van der Waals surface area contributed by atoms with Crippen LogP contribution in [0.2, 0.25) is 0 Å². The maximum atomic E-state index is 12.8. The number of nitrogens with one attached hydrogen (secondary N) is 2. The topological polar surface area (TPSA) is 61.4 Å². The van der Waals surface area contributed by atoms with Crippen molar-refractivity contribution in [1.82, 2.24) is 10.2 Å². The Morgan fingerprint density at radius 3 is 2.52 bits per heavy atom. The third-order valence-corrected chi connectivity index (χ3v) is 5.08. The highest BCUT2D eigenvalue weighted by Crippen LogP contribution is 2.24. The fourth-order valence-electron chi connectivity index (χ4n) is 3.02. The molecule has 5 nitrogen and oxygen atoms in total. The molecule has 1 saturated carbocycles. The minimum absolute atomic E-state index is 0.0566. The van der Waals surface area contributed by atoms with E-state index in [1.807, 2.05) is 55.5 Å². The van der Waals surface area contributed by atoms with Crippen LogP contribution in [0.4, 0.5) is 5.69 Å². The number of hydrogen-bond acceptors (Lipinski definition) is 3. The quantitative estimate of drug-likeness (QED) is 0.705. The number of aryl methyl sites for hydroxylation is 1. The molecule has 3 rings (SSSR count). The number of hydrogen-bond donors (Lipinski definition) is 2. The van der Waals surface area contributed by atoms with Crippen molar-refractivity contribution in [3.63, 3.8) is 0 Å². The van der Waals surface area contributed by atoms with Gasteiger partial charge in [-0.3, -0.25) is 14.5 Å². The molecule has 142 valence electrons. The number of benzene rings is 2. The fraction of sp³-hybridized carbons (Fsp3) is 0.333. The van der Waals surface area contributed by atoms with Crippen molar-refractivity contribution in [3.05, 3.63) is 64.1 Å². The third-order valence-electron chi connectivity index (χ3n) is 4.58. The first-order valence-corrected chi connectivity index (χ1v) is 9.85. The van der Waals surface area contributed by atoms with Crippen molar-refractivity contribution in [2.75, 3.05) is 18.9 Å². The molecule has 0 heterocycles. The van der Waals surface area contributed by atoms with Crippen LogP contribution in [0, 0.1) is 6.92 Å². The van der Waals surface area contributed by atoms with Crippen LogP contribution in [0.25, 0.3) is 0 Å². The van der Waals surface area contributed by atoms with Crippen LogP contribution in [0.1, 0.15) is 30.0 Å². The predicted molar refractivity (Wildman–Crippen MR) is 110 cm³/mol. The van der Waals surface area contributed by atoms with Gasteiger partial charge in [0, 0.05) is 16.2 Å². The summed E-state index contributed by atoms with van der Waals surface area (Å²) >= 11 is 3.42. The van der Waals surface area contributed by atoms with E-state index in [9.17, 15) is 9.59 Å². The van der Waals surface area contributed by atoms with Crippen molar-refractivity contribution in [1.29, 1.82) is 0 Å². The molecule has 0 saturated heterocycles. The summed E-state index contributed by atoms with van der Waals surface area (Å²) in [6, 6.07) is 15.1. The lowest BCUT2D eigenvalue weighted by Gasteiger charge is -2.27. The van der Waals surface area contributed by atoms with Gasteiger partial charge < -0.3 is 10.6 Å². The largest absolute Gasteiger partial charge is 0.352 e. The molecule has 2 N–H and O–H groups in total. The molecule has 2 amide bonds. The van der Waals surface area contributed by atoms with Gasteiger partial charge >= 0.3 is 0 Å². The molecule has 0 spiro atoms. The highest BCUT2D eigenvalue weighted by molar-refractivity contribution is 9.10. The van der Waals surface area contributed by atoms with Crippen molar-refractivity contribution < 1.29 is 9.59 Å². The third kappa shape index (κ3) is 5.40. The summed E-state index contributed by atoms with van der Waals surface area (Å²) in [6.45, 7) is 2.06. The molecule has 0 bridgehead atoms. The van der Waals surface area contributed by atoms with Crippen molar-refractivity contribution in [2.45, 2.75) is 31.8 Å². The first-order valence-electron chi connectivity index (χ1n) is 9.05. The van der Waals surface area contributed by atoms with Crippen LogP contribution >= 0.6 is 15.9 Å². The average Bonchev–Trinajstić information content (AvgIpc) is 3.42. The Labute approximate surface area is 168 Å². The van der Waals surface area contributed by atoms with Gasteiger partial charge in [0.15, 0.2) is 0 Å². The molecular weight excluding hydrogens is 406 g/mol. The number of amides is 2. The van der Waals surface area contributed by atoms with E-state index in [4.69, 9.17) is 0 Å². The summed E-state index contributed by atoms with van der Waals surface area (Å²) < 4.78 is 0.969. The van der Waals surface area contributed by atoms with Gasteiger partial charge in [0.1, 0.15) is 6.04 Å². The van der Waals surface area contributed by atoms with E-state index in [0.29, 0.717) is 0 Å². The lowest BCUT2D eigenvalue weighted by Crippen LogP contribution is -2.42. The van der Waals surface area contributed by atoms with Crippen LogP contribution in [-0.4, -0.2) is 36.3 Å². The van der Waals surface area contributed by atoms with E-state index in [1.54, 1.807) is 11.9 Å². The van der Waals surface area contributed by atoms with Crippen LogP contribution in [0.15, 0.2) is 53.0 Å². The van der Waals surface area contributed by atoms with Crippen molar-refractivity contribution >= 4 is 33.4 Å². The second kappa shape index (κ2) is 8.67. The van der Waals surface area contributed by atoms with Gasteiger partial charge in [0.05, 0.1) is 6.54 Å². The minimum atomic E-state index is -0.497. The van der Waals surface area contributed by atoms with E-state index in [2.05, 4.69) is 26.6 Å². The number of rotatable bonds is 7. The summed E-state index contributed by atoms with van der Waals surface area (Å²) in [5, 5.41) is 5.99. The first-order chi connectivity index (χ1) is 12.9. The van der Waals surface area contributed by atoms with Crippen LogP contribution < -0.4 is 10.6 Å². The number of carbonyl (C=O) groups excluding carboxylic acids is 2. The van der Waals surface area contributed by atoms with Gasteiger partial charge in [-0.2, -0.15) is 0 Å². The van der Waals surface area contributed by atoms with Crippen LogP contribution in [0.5, 0.6) is 0 Å². The monoisotopic (exact) mass is 429 g/mol. The summed E-state index contributed by atoms with van der Waals surface area (Å²) in [6.07, 6.45) is 2.06. The van der Waals surface area contributed by atoms with Gasteiger partial charge in [-0.25, -0.2) is 0 Å². The van der Waals surface area contributed by atoms with Gasteiger partial charge in [0.25, 0.3) is 0 Å². The predicted octanol–water partition coefficient (Wildman–Crippen LogP) is 3.65. The molecule has 1 fully saturated rings. The van der Waals surface area contributed by atoms with Gasteiger partial charge in [-0.05, 0) is 56.1 Å². The minimum Gasteiger partial charge on any atom is -0.352 e. The zero-order chi connectivity index (χ0) is 19.4. The number of nitrogens with zero attached hydrogens (tertiary/aromatic N) is 1. The molecule has 1 unspecified atom stereocenters. The van der Waals surface area contributed by atoms with Gasteiger partial charge in [-0.1, -0.05) is 46.3 Å². The molecule has 0 radical (unpaired) electrons. The number of likely N-dealkylation sites (N-methyl/N-ethyl adjacent to an activating group) is 1. The molecule has 1 aliphatic rings. The number of halogens is 1. The molecule has 2 aromatic carbocycles. The van der Waals surface area contributed by atoms with Gasteiger partial charge in [-0.15, -0.1) is 0 Å². The highest BCUT2D eigenvalue weighted by Gasteiger charge is 2.31.